The molecule has 0 spiro atoms. The fourth-order valence-corrected chi connectivity index (χ4v) is 4.92. The highest BCUT2D eigenvalue weighted by atomic mass is 19.1. The highest BCUT2D eigenvalue weighted by molar-refractivity contribution is 6.00. The molecule has 1 aliphatic heterocycles. The van der Waals surface area contributed by atoms with Gasteiger partial charge in [0.05, 0.1) is 24.4 Å². The van der Waals surface area contributed by atoms with E-state index >= 15 is 0 Å². The van der Waals surface area contributed by atoms with Gasteiger partial charge in [-0.15, -0.1) is 0 Å². The first-order chi connectivity index (χ1) is 17.5. The molecule has 1 saturated carbocycles. The lowest BCUT2D eigenvalue weighted by Gasteiger charge is -2.35. The molecule has 5 rings (SSSR count). The van der Waals surface area contributed by atoms with Gasteiger partial charge in [-0.3, -0.25) is 14.5 Å². The summed E-state index contributed by atoms with van der Waals surface area (Å²) in [5, 5.41) is 13.5. The molecule has 0 aromatic carbocycles. The number of rotatable bonds is 9. The molecule has 192 valence electrons. The predicted octanol–water partition coefficient (Wildman–Crippen LogP) is 1.80. The van der Waals surface area contributed by atoms with E-state index in [4.69, 9.17) is 4.74 Å². The van der Waals surface area contributed by atoms with Crippen molar-refractivity contribution in [1.29, 1.82) is 0 Å². The Morgan fingerprint density at radius 2 is 2.17 bits per heavy atom. The Hall–Kier alpha value is -3.51. The Labute approximate surface area is 207 Å². The molecule has 3 N–H and O–H groups in total. The molecule has 0 radical (unpaired) electrons. The Kier molecular flexibility index (Phi) is 6.88. The van der Waals surface area contributed by atoms with Crippen molar-refractivity contribution in [3.63, 3.8) is 0 Å². The van der Waals surface area contributed by atoms with Crippen molar-refractivity contribution in [3.05, 3.63) is 46.5 Å². The number of hydrogen-bond donors (Lipinski definition) is 3. The molecule has 1 unspecified atom stereocenters. The van der Waals surface area contributed by atoms with E-state index in [1.807, 2.05) is 11.0 Å². The minimum Gasteiger partial charge on any atom is -0.379 e. The summed E-state index contributed by atoms with van der Waals surface area (Å²) in [6.45, 7) is 1.39. The molecule has 1 amide bonds. The highest BCUT2D eigenvalue weighted by Crippen LogP contribution is 2.25. The van der Waals surface area contributed by atoms with Crippen molar-refractivity contribution < 1.29 is 13.9 Å². The largest absolute Gasteiger partial charge is 0.379 e. The van der Waals surface area contributed by atoms with Gasteiger partial charge in [-0.2, -0.15) is 9.61 Å². The zero-order chi connectivity index (χ0) is 25.2. The lowest BCUT2D eigenvalue weighted by molar-refractivity contribution is 0.00732. The normalized spacial score (nSPS) is 21.9. The molecule has 1 saturated heterocycles. The molecule has 3 atom stereocenters. The van der Waals surface area contributed by atoms with E-state index < -0.39 is 6.67 Å². The van der Waals surface area contributed by atoms with Crippen molar-refractivity contribution in [1.82, 2.24) is 29.4 Å². The van der Waals surface area contributed by atoms with Crippen LogP contribution >= 0.6 is 0 Å². The van der Waals surface area contributed by atoms with Crippen molar-refractivity contribution in [2.75, 3.05) is 51.1 Å². The third kappa shape index (κ3) is 4.53. The Balaban J connectivity index is 1.41. The van der Waals surface area contributed by atoms with Gasteiger partial charge in [-0.05, 0) is 31.4 Å². The molecule has 1 aliphatic carbocycles. The van der Waals surface area contributed by atoms with E-state index in [1.54, 1.807) is 41.6 Å². The van der Waals surface area contributed by atoms with Crippen LogP contribution in [0, 0.1) is 0 Å². The fourth-order valence-electron chi connectivity index (χ4n) is 4.92. The molecular formula is C24H31FN8O3. The maximum Gasteiger partial charge on any atom is 0.274 e. The first-order valence-corrected chi connectivity index (χ1v) is 12.2. The van der Waals surface area contributed by atoms with Gasteiger partial charge in [0.15, 0.2) is 5.65 Å². The summed E-state index contributed by atoms with van der Waals surface area (Å²) in [7, 11) is 3.39. The number of carbonyl (C=O) groups is 1. The number of amides is 1. The average molecular weight is 499 g/mol. The second-order valence-corrected chi connectivity index (χ2v) is 9.19. The molecule has 2 aliphatic rings. The van der Waals surface area contributed by atoms with Crippen LogP contribution in [0.5, 0.6) is 0 Å². The van der Waals surface area contributed by atoms with E-state index in [-0.39, 0.29) is 29.7 Å². The molecule has 12 heteroatoms. The summed E-state index contributed by atoms with van der Waals surface area (Å²) >= 11 is 0. The van der Waals surface area contributed by atoms with Crippen LogP contribution in [-0.2, 0) is 4.74 Å². The van der Waals surface area contributed by atoms with Gasteiger partial charge < -0.3 is 25.3 Å². The maximum absolute atomic E-state index is 13.3. The van der Waals surface area contributed by atoms with Gasteiger partial charge in [0.1, 0.15) is 29.6 Å². The van der Waals surface area contributed by atoms with Crippen LogP contribution in [0.25, 0.3) is 5.65 Å². The van der Waals surface area contributed by atoms with E-state index in [1.165, 1.54) is 6.20 Å². The number of pyridine rings is 1. The van der Waals surface area contributed by atoms with Crippen molar-refractivity contribution in [3.8, 4) is 0 Å². The molecule has 36 heavy (non-hydrogen) atoms. The van der Waals surface area contributed by atoms with E-state index in [0.29, 0.717) is 41.6 Å². The average Bonchev–Trinajstić information content (AvgIpc) is 3.50. The third-order valence-corrected chi connectivity index (χ3v) is 7.08. The summed E-state index contributed by atoms with van der Waals surface area (Å²) < 4.78 is 21.4. The van der Waals surface area contributed by atoms with Crippen LogP contribution < -0.4 is 21.5 Å². The zero-order valence-electron chi connectivity index (χ0n) is 20.4. The zero-order valence-corrected chi connectivity index (χ0v) is 20.4. The number of likely N-dealkylation sites (tertiary alicyclic amines) is 1. The number of nitrogens with zero attached hydrogens (tertiary/aromatic N) is 5. The van der Waals surface area contributed by atoms with Crippen molar-refractivity contribution in [2.45, 2.75) is 37.5 Å². The van der Waals surface area contributed by atoms with Crippen molar-refractivity contribution in [2.24, 2.45) is 0 Å². The van der Waals surface area contributed by atoms with Crippen LogP contribution in [-0.4, -0.2) is 82.6 Å². The Bertz CT molecular complexity index is 1310. The topological polar surface area (TPSA) is 118 Å². The number of hydrogen-bond acceptors (Lipinski definition) is 8. The molecular weight excluding hydrogens is 467 g/mol. The van der Waals surface area contributed by atoms with Gasteiger partial charge in [0, 0.05) is 46.1 Å². The lowest BCUT2D eigenvalue weighted by Crippen LogP contribution is -2.51. The molecule has 0 bridgehead atoms. The molecule has 3 aromatic rings. The monoisotopic (exact) mass is 498 g/mol. The molecule has 2 fully saturated rings. The lowest BCUT2D eigenvalue weighted by atomic mass is 9.89. The number of methoxy groups -OCH3 is 1. The minimum absolute atomic E-state index is 0.0121. The van der Waals surface area contributed by atoms with Crippen LogP contribution in [0.4, 0.5) is 21.7 Å². The van der Waals surface area contributed by atoms with Crippen molar-refractivity contribution >= 4 is 28.9 Å². The van der Waals surface area contributed by atoms with E-state index in [0.717, 1.165) is 25.8 Å². The maximum atomic E-state index is 13.3. The van der Waals surface area contributed by atoms with Crippen LogP contribution in [0.15, 0.2) is 35.4 Å². The predicted molar refractivity (Wildman–Crippen MR) is 134 cm³/mol. The van der Waals surface area contributed by atoms with Gasteiger partial charge in [-0.25, -0.2) is 9.37 Å². The van der Waals surface area contributed by atoms with Gasteiger partial charge in [0.25, 0.3) is 11.5 Å². The summed E-state index contributed by atoms with van der Waals surface area (Å²) in [5.74, 6) is 0.735. The van der Waals surface area contributed by atoms with E-state index in [9.17, 15) is 14.0 Å². The number of nitrogens with one attached hydrogen (secondary N) is 3. The Morgan fingerprint density at radius 3 is 2.89 bits per heavy atom. The van der Waals surface area contributed by atoms with Crippen LogP contribution in [0.1, 0.15) is 35.7 Å². The number of anilines is 3. The number of ether oxygens (including phenoxy) is 1. The number of alkyl halides is 1. The quantitative estimate of drug-likeness (QED) is 0.409. The second kappa shape index (κ2) is 10.2. The van der Waals surface area contributed by atoms with Gasteiger partial charge in [0.2, 0.25) is 0 Å². The summed E-state index contributed by atoms with van der Waals surface area (Å²) in [6.07, 6.45) is 5.82. The van der Waals surface area contributed by atoms with E-state index in [2.05, 4.69) is 26.0 Å². The first kappa shape index (κ1) is 24.2. The van der Waals surface area contributed by atoms with Gasteiger partial charge in [-0.1, -0.05) is 0 Å². The number of aromatic nitrogens is 4. The number of carbonyl (C=O) groups excluding carboxylic acids is 1. The highest BCUT2D eigenvalue weighted by Gasteiger charge is 2.33. The minimum atomic E-state index is -0.395. The summed E-state index contributed by atoms with van der Waals surface area (Å²) in [5.41, 5.74) is 0.882. The number of fused-ring (bicyclic) bond motifs is 1. The van der Waals surface area contributed by atoms with Gasteiger partial charge >= 0.3 is 0 Å². The SMILES string of the molecule is CNc1cc(Nc2cccn([C@@H]3CCN(CCF)C3)c2=O)nc2c(C(=O)NC3CC[C@H]3OC)cnn12. The number of halogens is 1. The van der Waals surface area contributed by atoms with Crippen LogP contribution in [0.2, 0.25) is 0 Å². The first-order valence-electron chi connectivity index (χ1n) is 12.2. The smallest absolute Gasteiger partial charge is 0.274 e. The third-order valence-electron chi connectivity index (χ3n) is 7.08. The molecule has 11 nitrogen and oxygen atoms in total. The van der Waals surface area contributed by atoms with Crippen LogP contribution in [0.3, 0.4) is 0 Å². The standard InChI is InChI=1S/C24H31FN8O3/c1-26-21-12-20(28-18-4-3-9-32(24(18)35)15-7-10-31(14-15)11-8-25)30-22-16(13-27-33(21)22)23(34)29-17-5-6-19(17)36-2/h3-4,9,12-13,15,17,19,26H,5-8,10-11,14H2,1-2H3,(H,28,30)(H,29,34)/t15-,17?,19-/m1/s1. The Morgan fingerprint density at radius 1 is 1.31 bits per heavy atom. The fraction of sp³-hybridized carbons (Fsp3) is 0.500. The molecule has 3 aromatic heterocycles. The summed E-state index contributed by atoms with van der Waals surface area (Å²) in [4.78, 5) is 32.9. The summed E-state index contributed by atoms with van der Waals surface area (Å²) in [6, 6.07) is 5.18. The second-order valence-electron chi connectivity index (χ2n) is 9.19. The molecule has 4 heterocycles.